The fourth-order valence-electron chi connectivity index (χ4n) is 2.23. The first-order valence-electron chi connectivity index (χ1n) is 6.12. The number of rotatable bonds is 4. The number of pyridine rings is 1. The third-order valence-electron chi connectivity index (χ3n) is 3.23. The lowest BCUT2D eigenvalue weighted by molar-refractivity contribution is 0.361. The van der Waals surface area contributed by atoms with Crippen molar-refractivity contribution < 1.29 is 8.42 Å². The number of halogens is 1. The second-order valence-electron chi connectivity index (χ2n) is 4.67. The third kappa shape index (κ3) is 3.67. The van der Waals surface area contributed by atoms with E-state index in [0.717, 1.165) is 25.7 Å². The Labute approximate surface area is 113 Å². The van der Waals surface area contributed by atoms with E-state index in [4.69, 9.17) is 11.6 Å². The number of hydrogen-bond donors (Lipinski definition) is 1. The van der Waals surface area contributed by atoms with Crippen molar-refractivity contribution in [2.45, 2.75) is 36.0 Å². The summed E-state index contributed by atoms with van der Waals surface area (Å²) in [6.45, 7) is 0.459. The van der Waals surface area contributed by atoms with Gasteiger partial charge in [-0.15, -0.1) is 11.6 Å². The molecule has 0 aliphatic heterocycles. The van der Waals surface area contributed by atoms with Gasteiger partial charge in [-0.1, -0.05) is 6.42 Å². The van der Waals surface area contributed by atoms with E-state index in [2.05, 4.69) is 9.71 Å². The van der Waals surface area contributed by atoms with E-state index in [1.54, 1.807) is 18.3 Å². The lowest BCUT2D eigenvalue weighted by atomic mass is 9.89. The molecule has 1 heterocycles. The highest BCUT2D eigenvalue weighted by Crippen LogP contribution is 2.27. The van der Waals surface area contributed by atoms with Crippen LogP contribution in [0, 0.1) is 5.92 Å². The Morgan fingerprint density at radius 3 is 2.94 bits per heavy atom. The van der Waals surface area contributed by atoms with Crippen LogP contribution in [0.25, 0.3) is 0 Å². The highest BCUT2D eigenvalue weighted by Gasteiger charge is 2.22. The smallest absolute Gasteiger partial charge is 0.242 e. The van der Waals surface area contributed by atoms with Crippen molar-refractivity contribution in [3.05, 3.63) is 24.5 Å². The molecule has 1 N–H and O–H groups in total. The summed E-state index contributed by atoms with van der Waals surface area (Å²) in [6.07, 6.45) is 6.95. The summed E-state index contributed by atoms with van der Waals surface area (Å²) in [5.41, 5.74) is 0. The van der Waals surface area contributed by atoms with E-state index in [0.29, 0.717) is 12.5 Å². The van der Waals surface area contributed by atoms with Crippen LogP contribution in [0.1, 0.15) is 25.7 Å². The van der Waals surface area contributed by atoms with Gasteiger partial charge < -0.3 is 0 Å². The molecule has 2 rings (SSSR count). The van der Waals surface area contributed by atoms with Gasteiger partial charge in [0.25, 0.3) is 0 Å². The summed E-state index contributed by atoms with van der Waals surface area (Å²) in [7, 11) is -3.43. The van der Waals surface area contributed by atoms with Crippen molar-refractivity contribution in [3.63, 3.8) is 0 Å². The van der Waals surface area contributed by atoms with Crippen LogP contribution in [-0.2, 0) is 10.0 Å². The zero-order valence-electron chi connectivity index (χ0n) is 10.0. The zero-order valence-corrected chi connectivity index (χ0v) is 11.6. The van der Waals surface area contributed by atoms with E-state index < -0.39 is 10.0 Å². The minimum Gasteiger partial charge on any atom is -0.263 e. The molecule has 0 amide bonds. The fraction of sp³-hybridized carbons (Fsp3) is 0.583. The molecular weight excluding hydrogens is 272 g/mol. The molecule has 1 aliphatic rings. The average molecular weight is 289 g/mol. The summed E-state index contributed by atoms with van der Waals surface area (Å²) >= 11 is 6.09. The summed E-state index contributed by atoms with van der Waals surface area (Å²) in [5, 5.41) is 0.187. The maximum atomic E-state index is 12.0. The van der Waals surface area contributed by atoms with Gasteiger partial charge in [0.2, 0.25) is 10.0 Å². The molecule has 6 heteroatoms. The molecule has 4 nitrogen and oxygen atoms in total. The number of aromatic nitrogens is 1. The summed E-state index contributed by atoms with van der Waals surface area (Å²) in [6, 6.07) is 3.16. The Balaban J connectivity index is 1.93. The Morgan fingerprint density at radius 2 is 2.28 bits per heavy atom. The normalized spacial score (nSPS) is 24.9. The summed E-state index contributed by atoms with van der Waals surface area (Å²) in [4.78, 5) is 4.03. The minimum absolute atomic E-state index is 0.187. The van der Waals surface area contributed by atoms with Gasteiger partial charge in [-0.3, -0.25) is 4.98 Å². The fourth-order valence-corrected chi connectivity index (χ4v) is 3.71. The molecule has 2 atom stereocenters. The average Bonchev–Trinajstić information content (AvgIpc) is 2.38. The zero-order chi connectivity index (χ0) is 13.0. The predicted octanol–water partition coefficient (Wildman–Crippen LogP) is 2.16. The number of sulfonamides is 1. The molecule has 1 fully saturated rings. The SMILES string of the molecule is O=S(=O)(NCC1CCCC(Cl)C1)c1cccnc1. The second-order valence-corrected chi connectivity index (χ2v) is 7.05. The monoisotopic (exact) mass is 288 g/mol. The quantitative estimate of drug-likeness (QED) is 0.864. The van der Waals surface area contributed by atoms with Crippen LogP contribution in [0.5, 0.6) is 0 Å². The first-order chi connectivity index (χ1) is 8.58. The van der Waals surface area contributed by atoms with Gasteiger partial charge >= 0.3 is 0 Å². The van der Waals surface area contributed by atoms with Crippen molar-refractivity contribution in [2.75, 3.05) is 6.54 Å². The van der Waals surface area contributed by atoms with Gasteiger partial charge in [0.15, 0.2) is 0 Å². The van der Waals surface area contributed by atoms with Crippen molar-refractivity contribution in [1.29, 1.82) is 0 Å². The third-order valence-corrected chi connectivity index (χ3v) is 5.03. The summed E-state index contributed by atoms with van der Waals surface area (Å²) in [5.74, 6) is 0.340. The van der Waals surface area contributed by atoms with Crippen LogP contribution < -0.4 is 4.72 Å². The predicted molar refractivity (Wildman–Crippen MR) is 71.0 cm³/mol. The van der Waals surface area contributed by atoms with E-state index >= 15 is 0 Å². The van der Waals surface area contributed by atoms with E-state index in [1.165, 1.54) is 6.20 Å². The first kappa shape index (κ1) is 13.8. The Kier molecular flexibility index (Phi) is 4.59. The van der Waals surface area contributed by atoms with Crippen LogP contribution in [-0.4, -0.2) is 25.3 Å². The van der Waals surface area contributed by atoms with E-state index in [-0.39, 0.29) is 10.3 Å². The molecule has 0 radical (unpaired) electrons. The highest BCUT2D eigenvalue weighted by molar-refractivity contribution is 7.89. The Hall–Kier alpha value is -0.650. The van der Waals surface area contributed by atoms with Crippen molar-refractivity contribution in [1.82, 2.24) is 9.71 Å². The van der Waals surface area contributed by atoms with Gasteiger partial charge in [0.05, 0.1) is 0 Å². The van der Waals surface area contributed by atoms with Crippen LogP contribution in [0.2, 0.25) is 0 Å². The molecule has 0 aromatic carbocycles. The van der Waals surface area contributed by atoms with Gasteiger partial charge in [0, 0.05) is 24.3 Å². The molecule has 1 aromatic heterocycles. The van der Waals surface area contributed by atoms with Crippen LogP contribution in [0.4, 0.5) is 0 Å². The van der Waals surface area contributed by atoms with E-state index in [1.807, 2.05) is 0 Å². The molecule has 1 saturated carbocycles. The molecule has 1 aromatic rings. The molecule has 0 bridgehead atoms. The lowest BCUT2D eigenvalue weighted by Crippen LogP contribution is -2.32. The maximum Gasteiger partial charge on any atom is 0.242 e. The Morgan fingerprint density at radius 1 is 1.44 bits per heavy atom. The number of nitrogens with zero attached hydrogens (tertiary/aromatic N) is 1. The van der Waals surface area contributed by atoms with Gasteiger partial charge in [-0.25, -0.2) is 13.1 Å². The topological polar surface area (TPSA) is 59.1 Å². The van der Waals surface area contributed by atoms with Gasteiger partial charge in [0.1, 0.15) is 4.90 Å². The highest BCUT2D eigenvalue weighted by atomic mass is 35.5. The molecule has 1 aliphatic carbocycles. The number of alkyl halides is 1. The first-order valence-corrected chi connectivity index (χ1v) is 8.03. The van der Waals surface area contributed by atoms with Crippen molar-refractivity contribution >= 4 is 21.6 Å². The molecule has 0 saturated heterocycles. The van der Waals surface area contributed by atoms with E-state index in [9.17, 15) is 8.42 Å². The molecule has 18 heavy (non-hydrogen) atoms. The summed E-state index contributed by atoms with van der Waals surface area (Å²) < 4.78 is 26.6. The maximum absolute atomic E-state index is 12.0. The van der Waals surface area contributed by atoms with Crippen LogP contribution in [0.3, 0.4) is 0 Å². The molecule has 0 spiro atoms. The van der Waals surface area contributed by atoms with Crippen LogP contribution >= 0.6 is 11.6 Å². The lowest BCUT2D eigenvalue weighted by Gasteiger charge is -2.25. The minimum atomic E-state index is -3.43. The van der Waals surface area contributed by atoms with Crippen molar-refractivity contribution in [3.8, 4) is 0 Å². The standard InChI is InChI=1S/C12H17ClN2O2S/c13-11-4-1-3-10(7-11)8-15-18(16,17)12-5-2-6-14-9-12/h2,5-6,9-11,15H,1,3-4,7-8H2. The number of nitrogens with one attached hydrogen (secondary N) is 1. The second kappa shape index (κ2) is 5.99. The largest absolute Gasteiger partial charge is 0.263 e. The molecule has 2 unspecified atom stereocenters. The number of hydrogen-bond acceptors (Lipinski definition) is 3. The Bertz CT molecular complexity index is 478. The van der Waals surface area contributed by atoms with Gasteiger partial charge in [-0.2, -0.15) is 0 Å². The van der Waals surface area contributed by atoms with Crippen molar-refractivity contribution in [2.24, 2.45) is 5.92 Å². The van der Waals surface area contributed by atoms with Gasteiger partial charge in [-0.05, 0) is 37.3 Å². The van der Waals surface area contributed by atoms with Crippen LogP contribution in [0.15, 0.2) is 29.4 Å². The molecular formula is C12H17ClN2O2S. The molecule has 100 valence electrons.